The summed E-state index contributed by atoms with van der Waals surface area (Å²) in [6.45, 7) is 3.72. The first-order valence-corrected chi connectivity index (χ1v) is 6.96. The summed E-state index contributed by atoms with van der Waals surface area (Å²) in [5.74, 6) is 0.0621. The first kappa shape index (κ1) is 14.2. The van der Waals surface area contributed by atoms with Gasteiger partial charge in [-0.25, -0.2) is 4.98 Å². The highest BCUT2D eigenvalue weighted by molar-refractivity contribution is 5.96. The van der Waals surface area contributed by atoms with Gasteiger partial charge in [0.15, 0.2) is 11.6 Å². The Bertz CT molecular complexity index is 586. The molecule has 0 unspecified atom stereocenters. The number of nitrogens with one attached hydrogen (secondary N) is 1. The van der Waals surface area contributed by atoms with Crippen molar-refractivity contribution in [3.63, 3.8) is 0 Å². The maximum Gasteiger partial charge on any atom is 0.389 e. The van der Waals surface area contributed by atoms with Crippen molar-refractivity contribution in [3.8, 4) is 0 Å². The molecule has 1 aromatic rings. The van der Waals surface area contributed by atoms with E-state index in [0.29, 0.717) is 11.9 Å². The van der Waals surface area contributed by atoms with Crippen molar-refractivity contribution in [2.75, 3.05) is 23.3 Å². The normalized spacial score (nSPS) is 20.2. The van der Waals surface area contributed by atoms with E-state index >= 15 is 0 Å². The predicted octanol–water partition coefficient (Wildman–Crippen LogP) is 2.92. The van der Waals surface area contributed by atoms with Crippen LogP contribution in [0.4, 0.5) is 24.7 Å². The van der Waals surface area contributed by atoms with Gasteiger partial charge in [-0.3, -0.25) is 4.79 Å². The van der Waals surface area contributed by atoms with Crippen LogP contribution in [0.25, 0.3) is 0 Å². The molecule has 3 rings (SSSR count). The number of ketones is 1. The summed E-state index contributed by atoms with van der Waals surface area (Å²) >= 11 is 0. The zero-order valence-corrected chi connectivity index (χ0v) is 11.6. The molecule has 1 saturated heterocycles. The van der Waals surface area contributed by atoms with E-state index in [4.69, 9.17) is 0 Å². The van der Waals surface area contributed by atoms with Crippen molar-refractivity contribution in [1.82, 2.24) is 4.98 Å². The second-order valence-corrected chi connectivity index (χ2v) is 5.64. The lowest BCUT2D eigenvalue weighted by Gasteiger charge is -2.29. The number of aromatic nitrogens is 1. The van der Waals surface area contributed by atoms with E-state index in [1.807, 2.05) is 6.92 Å². The molecule has 1 fully saturated rings. The van der Waals surface area contributed by atoms with E-state index in [-0.39, 0.29) is 5.69 Å². The van der Waals surface area contributed by atoms with E-state index in [0.717, 1.165) is 30.8 Å². The molecular weight excluding hydrogens is 283 g/mol. The molecule has 2 aliphatic heterocycles. The fraction of sp³-hybridized carbons (Fsp3) is 0.571. The molecular formula is C14H16F3N3O. The number of rotatable bonds is 3. The summed E-state index contributed by atoms with van der Waals surface area (Å²) in [5.41, 5.74) is 1.96. The molecule has 2 aliphatic rings. The van der Waals surface area contributed by atoms with Crippen LogP contribution in [0.1, 0.15) is 35.3 Å². The summed E-state index contributed by atoms with van der Waals surface area (Å²) in [4.78, 5) is 18.4. The number of hydrogen-bond donors (Lipinski definition) is 1. The highest BCUT2D eigenvalue weighted by Crippen LogP contribution is 2.37. The fourth-order valence-electron chi connectivity index (χ4n) is 2.97. The molecule has 0 spiro atoms. The summed E-state index contributed by atoms with van der Waals surface area (Å²) in [6, 6.07) is 1.91. The first-order valence-electron chi connectivity index (χ1n) is 6.96. The molecule has 0 aromatic carbocycles. The number of halogens is 3. The topological polar surface area (TPSA) is 45.2 Å². The van der Waals surface area contributed by atoms with E-state index < -0.39 is 24.8 Å². The second kappa shape index (κ2) is 4.89. The van der Waals surface area contributed by atoms with Crippen LogP contribution in [0, 0.1) is 6.92 Å². The Morgan fingerprint density at radius 3 is 3.00 bits per heavy atom. The van der Waals surface area contributed by atoms with Gasteiger partial charge < -0.3 is 10.2 Å². The van der Waals surface area contributed by atoms with Crippen LogP contribution in [0.3, 0.4) is 0 Å². The SMILES string of the molecule is Cc1cc(C(=O)CCC(F)(F)F)nc2c1N1CC[C@@H](C1)N2. The van der Waals surface area contributed by atoms with Crippen molar-refractivity contribution in [2.45, 2.75) is 38.4 Å². The summed E-state index contributed by atoms with van der Waals surface area (Å²) in [5, 5.41) is 3.27. The quantitative estimate of drug-likeness (QED) is 0.872. The molecule has 3 heterocycles. The lowest BCUT2D eigenvalue weighted by Crippen LogP contribution is -2.33. The van der Waals surface area contributed by atoms with Gasteiger partial charge in [-0.15, -0.1) is 0 Å². The number of hydrogen-bond acceptors (Lipinski definition) is 4. The highest BCUT2D eigenvalue weighted by Gasteiger charge is 2.33. The van der Waals surface area contributed by atoms with Crippen molar-refractivity contribution in [1.29, 1.82) is 0 Å². The average molecular weight is 299 g/mol. The smallest absolute Gasteiger partial charge is 0.366 e. The highest BCUT2D eigenvalue weighted by atomic mass is 19.4. The van der Waals surface area contributed by atoms with Crippen molar-refractivity contribution >= 4 is 17.3 Å². The molecule has 0 radical (unpaired) electrons. The molecule has 21 heavy (non-hydrogen) atoms. The number of pyridine rings is 1. The van der Waals surface area contributed by atoms with Gasteiger partial charge in [0, 0.05) is 25.6 Å². The monoisotopic (exact) mass is 299 g/mol. The van der Waals surface area contributed by atoms with Gasteiger partial charge in [0.05, 0.1) is 12.1 Å². The third-order valence-corrected chi connectivity index (χ3v) is 3.95. The van der Waals surface area contributed by atoms with Crippen molar-refractivity contribution in [2.24, 2.45) is 0 Å². The van der Waals surface area contributed by atoms with Gasteiger partial charge >= 0.3 is 6.18 Å². The molecule has 0 aliphatic carbocycles. The summed E-state index contributed by atoms with van der Waals surface area (Å²) < 4.78 is 36.6. The molecule has 1 atom stereocenters. The van der Waals surface area contributed by atoms with E-state index in [1.165, 1.54) is 0 Å². The van der Waals surface area contributed by atoms with Crippen LogP contribution in [0.15, 0.2) is 6.07 Å². The predicted molar refractivity (Wildman–Crippen MR) is 72.8 cm³/mol. The molecule has 0 saturated carbocycles. The van der Waals surface area contributed by atoms with E-state index in [2.05, 4.69) is 15.2 Å². The Morgan fingerprint density at radius 1 is 1.52 bits per heavy atom. The van der Waals surface area contributed by atoms with E-state index in [9.17, 15) is 18.0 Å². The minimum absolute atomic E-state index is 0.116. The average Bonchev–Trinajstić information content (AvgIpc) is 2.76. The lowest BCUT2D eigenvalue weighted by molar-refractivity contribution is -0.133. The van der Waals surface area contributed by atoms with Gasteiger partial charge in [0.2, 0.25) is 0 Å². The van der Waals surface area contributed by atoms with Crippen LogP contribution in [0.2, 0.25) is 0 Å². The molecule has 7 heteroatoms. The Labute approximate surface area is 120 Å². The van der Waals surface area contributed by atoms with Crippen LogP contribution in [-0.2, 0) is 0 Å². The molecule has 4 nitrogen and oxygen atoms in total. The Morgan fingerprint density at radius 2 is 2.29 bits per heavy atom. The standard InChI is InChI=1S/C14H16F3N3O/c1-8-6-10(11(21)2-4-14(15,16)17)19-13-12(8)20-5-3-9(7-20)18-13/h6,9H,2-5,7H2,1H3,(H,18,19)/t9-/m0/s1. The Balaban J connectivity index is 1.84. The number of alkyl halides is 3. The maximum atomic E-state index is 12.2. The molecule has 1 aromatic heterocycles. The summed E-state index contributed by atoms with van der Waals surface area (Å²) in [7, 11) is 0. The van der Waals surface area contributed by atoms with Gasteiger partial charge in [-0.05, 0) is 25.0 Å². The van der Waals surface area contributed by atoms with Crippen molar-refractivity contribution < 1.29 is 18.0 Å². The fourth-order valence-corrected chi connectivity index (χ4v) is 2.97. The van der Waals surface area contributed by atoms with Gasteiger partial charge in [0.1, 0.15) is 5.69 Å². The number of carbonyl (C=O) groups excluding carboxylic acids is 1. The molecule has 0 amide bonds. The van der Waals surface area contributed by atoms with Gasteiger partial charge in [-0.2, -0.15) is 13.2 Å². The van der Waals surface area contributed by atoms with Gasteiger partial charge in [0.25, 0.3) is 0 Å². The number of nitrogens with zero attached hydrogens (tertiary/aromatic N) is 2. The van der Waals surface area contributed by atoms with E-state index in [1.54, 1.807) is 6.07 Å². The molecule has 114 valence electrons. The van der Waals surface area contributed by atoms with Crippen LogP contribution in [0.5, 0.6) is 0 Å². The number of fused-ring (bicyclic) bond motifs is 4. The second-order valence-electron chi connectivity index (χ2n) is 5.64. The van der Waals surface area contributed by atoms with Crippen LogP contribution in [-0.4, -0.2) is 36.1 Å². The Hall–Kier alpha value is -1.79. The first-order chi connectivity index (χ1) is 9.83. The van der Waals surface area contributed by atoms with Gasteiger partial charge in [-0.1, -0.05) is 0 Å². The number of Topliss-reactive ketones (excluding diaryl/α,β-unsaturated/α-hetero) is 1. The van der Waals surface area contributed by atoms with Crippen molar-refractivity contribution in [3.05, 3.63) is 17.3 Å². The van der Waals surface area contributed by atoms with Crippen LogP contribution >= 0.6 is 0 Å². The number of carbonyl (C=O) groups is 1. The Kier molecular flexibility index (Phi) is 3.30. The minimum Gasteiger partial charge on any atom is -0.366 e. The summed E-state index contributed by atoms with van der Waals surface area (Å²) in [6.07, 6.45) is -4.97. The number of aryl methyl sites for hydroxylation is 1. The number of anilines is 2. The zero-order chi connectivity index (χ0) is 15.2. The molecule has 1 N–H and O–H groups in total. The lowest BCUT2D eigenvalue weighted by atomic mass is 10.1. The zero-order valence-electron chi connectivity index (χ0n) is 11.6. The third-order valence-electron chi connectivity index (χ3n) is 3.95. The van der Waals surface area contributed by atoms with Crippen LogP contribution < -0.4 is 10.2 Å². The third kappa shape index (κ3) is 2.82. The minimum atomic E-state index is -4.32. The largest absolute Gasteiger partial charge is 0.389 e. The molecule has 2 bridgehead atoms. The maximum absolute atomic E-state index is 12.2.